The van der Waals surface area contributed by atoms with Crippen molar-refractivity contribution < 1.29 is 0 Å². The van der Waals surface area contributed by atoms with Crippen molar-refractivity contribution in [2.75, 3.05) is 22.9 Å². The molecule has 208 valence electrons. The van der Waals surface area contributed by atoms with Crippen LogP contribution in [0.15, 0.2) is 127 Å². The van der Waals surface area contributed by atoms with Crippen molar-refractivity contribution in [2.45, 2.75) is 46.5 Å². The molecule has 0 aliphatic carbocycles. The van der Waals surface area contributed by atoms with E-state index in [1.807, 2.05) is 0 Å². The average molecular weight is 539 g/mol. The second-order valence-corrected chi connectivity index (χ2v) is 11.0. The van der Waals surface area contributed by atoms with E-state index in [9.17, 15) is 0 Å². The van der Waals surface area contributed by atoms with Gasteiger partial charge in [0.15, 0.2) is 0 Å². The summed E-state index contributed by atoms with van der Waals surface area (Å²) < 4.78 is 0. The summed E-state index contributed by atoms with van der Waals surface area (Å²) >= 11 is 0. The van der Waals surface area contributed by atoms with E-state index in [4.69, 9.17) is 0 Å². The Morgan fingerprint density at radius 2 is 0.780 bits per heavy atom. The Labute approximate surface area is 246 Å². The predicted molar refractivity (Wildman–Crippen MR) is 177 cm³/mol. The molecule has 5 aromatic carbocycles. The van der Waals surface area contributed by atoms with Crippen LogP contribution in [0.4, 0.5) is 22.7 Å². The first-order valence-corrected chi connectivity index (χ1v) is 14.9. The van der Waals surface area contributed by atoms with Gasteiger partial charge in [-0.05, 0) is 91.6 Å². The zero-order valence-corrected chi connectivity index (χ0v) is 25.1. The Bertz CT molecular complexity index is 1500. The molecule has 5 aromatic rings. The lowest BCUT2D eigenvalue weighted by atomic mass is 9.92. The van der Waals surface area contributed by atoms with Gasteiger partial charge in [-0.15, -0.1) is 0 Å². The molecule has 0 aliphatic rings. The number of hydrogen-bond acceptors (Lipinski definition) is 2. The van der Waals surface area contributed by atoms with Gasteiger partial charge in [-0.2, -0.15) is 0 Å². The van der Waals surface area contributed by atoms with Gasteiger partial charge in [-0.1, -0.05) is 98.3 Å². The fraction of sp³-hybridized carbons (Fsp3) is 0.231. The maximum atomic E-state index is 2.39. The van der Waals surface area contributed by atoms with Crippen molar-refractivity contribution in [1.29, 1.82) is 0 Å². The van der Waals surface area contributed by atoms with Crippen LogP contribution in [0, 0.1) is 6.92 Å². The topological polar surface area (TPSA) is 6.48 Å². The molecule has 2 heteroatoms. The Morgan fingerprint density at radius 3 is 1.17 bits per heavy atom. The molecule has 0 saturated heterocycles. The molecule has 2 unspecified atom stereocenters. The molecule has 0 spiro atoms. The van der Waals surface area contributed by atoms with Crippen molar-refractivity contribution in [3.05, 3.63) is 155 Å². The van der Waals surface area contributed by atoms with E-state index in [-0.39, 0.29) is 0 Å². The van der Waals surface area contributed by atoms with E-state index in [1.165, 1.54) is 33.5 Å². The molecule has 2 atom stereocenters. The molecule has 0 fully saturated rings. The van der Waals surface area contributed by atoms with Crippen LogP contribution in [0.3, 0.4) is 0 Å². The Hall–Kier alpha value is -4.30. The molecule has 41 heavy (non-hydrogen) atoms. The first-order chi connectivity index (χ1) is 20.0. The highest BCUT2D eigenvalue weighted by molar-refractivity contribution is 5.77. The SMILES string of the molecule is CCN(CC)c1ccc(C(C)c2ccc(N(c3ccc(C)cc3)c3ccc(C(C)c4ccccc4)cc3)cc2)cc1. The van der Waals surface area contributed by atoms with E-state index in [2.05, 4.69) is 172 Å². The van der Waals surface area contributed by atoms with Crippen LogP contribution in [0.2, 0.25) is 0 Å². The highest BCUT2D eigenvalue weighted by Gasteiger charge is 2.16. The number of hydrogen-bond donors (Lipinski definition) is 0. The number of aryl methyl sites for hydroxylation is 1. The molecule has 0 bridgehead atoms. The van der Waals surface area contributed by atoms with E-state index in [0.29, 0.717) is 11.8 Å². The summed E-state index contributed by atoms with van der Waals surface area (Å²) in [5, 5.41) is 0. The minimum absolute atomic E-state index is 0.321. The minimum Gasteiger partial charge on any atom is -0.372 e. The van der Waals surface area contributed by atoms with Crippen LogP contribution in [0.25, 0.3) is 0 Å². The van der Waals surface area contributed by atoms with Gasteiger partial charge in [0.05, 0.1) is 0 Å². The fourth-order valence-electron chi connectivity index (χ4n) is 5.65. The standard InChI is InChI=1S/C39H42N2/c1-6-40(7-2)36-23-15-33(16-24-36)31(5)35-19-27-39(28-20-35)41(37-21-13-29(3)14-22-37)38-25-17-34(18-26-38)30(4)32-11-9-8-10-12-32/h8-28,30-31H,6-7H2,1-5H3. The lowest BCUT2D eigenvalue weighted by Crippen LogP contribution is -2.21. The highest BCUT2D eigenvalue weighted by Crippen LogP contribution is 2.37. The van der Waals surface area contributed by atoms with E-state index >= 15 is 0 Å². The lowest BCUT2D eigenvalue weighted by molar-refractivity contribution is 0.863. The maximum Gasteiger partial charge on any atom is 0.0461 e. The summed E-state index contributed by atoms with van der Waals surface area (Å²) in [5.41, 5.74) is 11.3. The normalized spacial score (nSPS) is 12.5. The van der Waals surface area contributed by atoms with Crippen LogP contribution in [0.5, 0.6) is 0 Å². The third-order valence-corrected chi connectivity index (χ3v) is 8.42. The number of anilines is 4. The van der Waals surface area contributed by atoms with Gasteiger partial charge >= 0.3 is 0 Å². The summed E-state index contributed by atoms with van der Waals surface area (Å²) in [6.07, 6.45) is 0. The summed E-state index contributed by atoms with van der Waals surface area (Å²) in [5.74, 6) is 0.668. The van der Waals surface area contributed by atoms with Crippen molar-refractivity contribution in [1.82, 2.24) is 0 Å². The lowest BCUT2D eigenvalue weighted by Gasteiger charge is -2.27. The molecule has 0 aromatic heterocycles. The summed E-state index contributed by atoms with van der Waals surface area (Å²) in [6, 6.07) is 46.7. The van der Waals surface area contributed by atoms with E-state index < -0.39 is 0 Å². The second-order valence-electron chi connectivity index (χ2n) is 11.0. The van der Waals surface area contributed by atoms with E-state index in [1.54, 1.807) is 0 Å². The van der Waals surface area contributed by atoms with Gasteiger partial charge in [0, 0.05) is 47.7 Å². The van der Waals surface area contributed by atoms with Gasteiger partial charge < -0.3 is 9.80 Å². The van der Waals surface area contributed by atoms with Gasteiger partial charge in [-0.25, -0.2) is 0 Å². The van der Waals surface area contributed by atoms with Crippen molar-refractivity contribution >= 4 is 22.7 Å². The molecule has 0 heterocycles. The van der Waals surface area contributed by atoms with Crippen LogP contribution >= 0.6 is 0 Å². The zero-order chi connectivity index (χ0) is 28.8. The maximum absolute atomic E-state index is 2.39. The van der Waals surface area contributed by atoms with Crippen LogP contribution in [-0.4, -0.2) is 13.1 Å². The molecule has 0 N–H and O–H groups in total. The fourth-order valence-corrected chi connectivity index (χ4v) is 5.65. The van der Waals surface area contributed by atoms with Gasteiger partial charge in [0.2, 0.25) is 0 Å². The van der Waals surface area contributed by atoms with Gasteiger partial charge in [-0.3, -0.25) is 0 Å². The molecule has 2 nitrogen and oxygen atoms in total. The predicted octanol–water partition coefficient (Wildman–Crippen LogP) is 10.6. The monoisotopic (exact) mass is 538 g/mol. The largest absolute Gasteiger partial charge is 0.372 e. The van der Waals surface area contributed by atoms with E-state index in [0.717, 1.165) is 30.2 Å². The second kappa shape index (κ2) is 12.9. The van der Waals surface area contributed by atoms with Crippen LogP contribution in [0.1, 0.15) is 67.3 Å². The highest BCUT2D eigenvalue weighted by atomic mass is 15.1. The summed E-state index contributed by atoms with van der Waals surface area (Å²) in [6.45, 7) is 13.2. The third kappa shape index (κ3) is 6.38. The van der Waals surface area contributed by atoms with Gasteiger partial charge in [0.25, 0.3) is 0 Å². The first-order valence-electron chi connectivity index (χ1n) is 14.9. The first kappa shape index (κ1) is 28.2. The number of benzene rings is 5. The molecule has 0 saturated carbocycles. The summed E-state index contributed by atoms with van der Waals surface area (Å²) in [4.78, 5) is 4.74. The Morgan fingerprint density at radius 1 is 0.439 bits per heavy atom. The average Bonchev–Trinajstić information content (AvgIpc) is 3.03. The van der Waals surface area contributed by atoms with Gasteiger partial charge in [0.1, 0.15) is 0 Å². The number of nitrogens with zero attached hydrogens (tertiary/aromatic N) is 2. The summed E-state index contributed by atoms with van der Waals surface area (Å²) in [7, 11) is 0. The quantitative estimate of drug-likeness (QED) is 0.174. The Balaban J connectivity index is 1.42. The van der Waals surface area contributed by atoms with Crippen LogP contribution in [-0.2, 0) is 0 Å². The third-order valence-electron chi connectivity index (χ3n) is 8.42. The molecule has 5 rings (SSSR count). The van der Waals surface area contributed by atoms with Crippen molar-refractivity contribution in [3.8, 4) is 0 Å². The Kier molecular flexibility index (Phi) is 8.89. The van der Waals surface area contributed by atoms with Crippen molar-refractivity contribution in [3.63, 3.8) is 0 Å². The smallest absolute Gasteiger partial charge is 0.0461 e. The molecular weight excluding hydrogens is 496 g/mol. The minimum atomic E-state index is 0.321. The van der Waals surface area contributed by atoms with Crippen LogP contribution < -0.4 is 9.80 Å². The zero-order valence-electron chi connectivity index (χ0n) is 25.1. The molecule has 0 amide bonds. The molecule has 0 aliphatic heterocycles. The molecule has 0 radical (unpaired) electrons. The number of rotatable bonds is 10. The molecular formula is C39H42N2. The van der Waals surface area contributed by atoms with Crippen molar-refractivity contribution in [2.24, 2.45) is 0 Å².